The van der Waals surface area contributed by atoms with Crippen molar-refractivity contribution in [3.05, 3.63) is 48.5 Å². The zero-order valence-corrected chi connectivity index (χ0v) is 17.2. The fourth-order valence-electron chi connectivity index (χ4n) is 3.40. The molecule has 1 aromatic carbocycles. The van der Waals surface area contributed by atoms with Crippen LogP contribution in [0.1, 0.15) is 0 Å². The Labute approximate surface area is 168 Å². The van der Waals surface area contributed by atoms with Gasteiger partial charge in [-0.25, -0.2) is 26.2 Å². The zero-order valence-electron chi connectivity index (χ0n) is 15.5. The molecule has 1 saturated heterocycles. The van der Waals surface area contributed by atoms with Crippen molar-refractivity contribution in [1.82, 2.24) is 18.6 Å². The molecule has 3 heterocycles. The zero-order chi connectivity index (χ0) is 20.8. The first kappa shape index (κ1) is 20.0. The summed E-state index contributed by atoms with van der Waals surface area (Å²) in [6, 6.07) is 7.49. The number of hydrogen-bond acceptors (Lipinski definition) is 5. The standard InChI is InChI=1S/C18H19FN4O4S2/c1-28(24,25)22-6-8-23(9-7-22)29(26,27)18-5-2-13(11-21-18)16-12-20-17-10-14(19)3-4-15(16)17/h2-5,10-12,20H,6-9H2,1H3. The van der Waals surface area contributed by atoms with Gasteiger partial charge >= 0.3 is 0 Å². The number of nitrogens with one attached hydrogen (secondary N) is 1. The molecular weight excluding hydrogens is 419 g/mol. The number of benzene rings is 1. The van der Waals surface area contributed by atoms with Crippen molar-refractivity contribution >= 4 is 30.9 Å². The molecule has 154 valence electrons. The van der Waals surface area contributed by atoms with Gasteiger partial charge in [0.15, 0.2) is 5.03 Å². The lowest BCUT2D eigenvalue weighted by Crippen LogP contribution is -2.50. The number of halogens is 1. The van der Waals surface area contributed by atoms with E-state index < -0.39 is 20.0 Å². The lowest BCUT2D eigenvalue weighted by molar-refractivity contribution is 0.273. The van der Waals surface area contributed by atoms with E-state index in [1.54, 1.807) is 18.3 Å². The fourth-order valence-corrected chi connectivity index (χ4v) is 5.56. The summed E-state index contributed by atoms with van der Waals surface area (Å²) < 4.78 is 64.7. The highest BCUT2D eigenvalue weighted by Gasteiger charge is 2.32. The molecule has 0 spiro atoms. The van der Waals surface area contributed by atoms with E-state index in [-0.39, 0.29) is 37.0 Å². The van der Waals surface area contributed by atoms with Crippen molar-refractivity contribution in [2.45, 2.75) is 5.03 Å². The molecule has 0 atom stereocenters. The average molecular weight is 439 g/mol. The number of aromatic amines is 1. The van der Waals surface area contributed by atoms with Crippen LogP contribution < -0.4 is 0 Å². The first-order chi connectivity index (χ1) is 13.7. The number of sulfonamides is 2. The van der Waals surface area contributed by atoms with Gasteiger partial charge < -0.3 is 4.98 Å². The molecule has 0 saturated carbocycles. The highest BCUT2D eigenvalue weighted by atomic mass is 32.2. The maximum Gasteiger partial charge on any atom is 0.260 e. The maximum absolute atomic E-state index is 13.4. The summed E-state index contributed by atoms with van der Waals surface area (Å²) in [7, 11) is -7.16. The van der Waals surface area contributed by atoms with E-state index in [0.717, 1.165) is 17.2 Å². The lowest BCUT2D eigenvalue weighted by atomic mass is 10.1. The SMILES string of the molecule is CS(=O)(=O)N1CCN(S(=O)(=O)c2ccc(-c3c[nH]c4cc(F)ccc34)cn2)CC1. The smallest absolute Gasteiger partial charge is 0.260 e. The summed E-state index contributed by atoms with van der Waals surface area (Å²) in [5.41, 5.74) is 2.13. The third kappa shape index (κ3) is 3.78. The van der Waals surface area contributed by atoms with Crippen LogP contribution in [0.4, 0.5) is 4.39 Å². The van der Waals surface area contributed by atoms with Crippen molar-refractivity contribution in [1.29, 1.82) is 0 Å². The summed E-state index contributed by atoms with van der Waals surface area (Å²) in [5.74, 6) is -0.346. The van der Waals surface area contributed by atoms with Gasteiger partial charge in [-0.1, -0.05) is 0 Å². The van der Waals surface area contributed by atoms with E-state index in [0.29, 0.717) is 11.1 Å². The Hall–Kier alpha value is -2.34. The largest absolute Gasteiger partial charge is 0.360 e. The Kier molecular flexibility index (Phi) is 4.93. The third-order valence-electron chi connectivity index (χ3n) is 4.96. The summed E-state index contributed by atoms with van der Waals surface area (Å²) in [6.45, 7) is 0.379. The van der Waals surface area contributed by atoms with Crippen molar-refractivity contribution < 1.29 is 21.2 Å². The van der Waals surface area contributed by atoms with E-state index in [4.69, 9.17) is 0 Å². The quantitative estimate of drug-likeness (QED) is 0.667. The second-order valence-corrected chi connectivity index (χ2v) is 10.7. The molecule has 8 nitrogen and oxygen atoms in total. The van der Waals surface area contributed by atoms with Crippen molar-refractivity contribution in [2.24, 2.45) is 0 Å². The molecule has 0 amide bonds. The minimum atomic E-state index is -3.82. The first-order valence-corrected chi connectivity index (χ1v) is 12.1. The molecule has 0 radical (unpaired) electrons. The summed E-state index contributed by atoms with van der Waals surface area (Å²) in [5, 5.41) is 0.709. The van der Waals surface area contributed by atoms with E-state index in [2.05, 4.69) is 9.97 Å². The highest BCUT2D eigenvalue weighted by molar-refractivity contribution is 7.89. The Balaban J connectivity index is 1.57. The molecule has 1 aliphatic heterocycles. The maximum atomic E-state index is 13.4. The van der Waals surface area contributed by atoms with Crippen LogP contribution in [0.5, 0.6) is 0 Å². The molecule has 1 fully saturated rings. The second-order valence-electron chi connectivity index (χ2n) is 6.84. The molecule has 1 aliphatic rings. The van der Waals surface area contributed by atoms with Gasteiger partial charge in [0.2, 0.25) is 10.0 Å². The van der Waals surface area contributed by atoms with Crippen LogP contribution in [0, 0.1) is 5.82 Å². The summed E-state index contributed by atoms with van der Waals surface area (Å²) in [4.78, 5) is 7.12. The number of H-pyrrole nitrogens is 1. The molecule has 0 bridgehead atoms. The van der Waals surface area contributed by atoms with Crippen molar-refractivity contribution in [3.8, 4) is 11.1 Å². The van der Waals surface area contributed by atoms with Gasteiger partial charge in [0.1, 0.15) is 5.82 Å². The number of pyridine rings is 1. The summed E-state index contributed by atoms with van der Waals surface area (Å²) >= 11 is 0. The van der Waals surface area contributed by atoms with Gasteiger partial charge in [0, 0.05) is 60.6 Å². The van der Waals surface area contributed by atoms with E-state index in [9.17, 15) is 21.2 Å². The van der Waals surface area contributed by atoms with Crippen LogP contribution in [0.2, 0.25) is 0 Å². The Bertz CT molecular complexity index is 1260. The fraction of sp³-hybridized carbons (Fsp3) is 0.278. The van der Waals surface area contributed by atoms with E-state index >= 15 is 0 Å². The van der Waals surface area contributed by atoms with Crippen LogP contribution in [0.3, 0.4) is 0 Å². The topological polar surface area (TPSA) is 103 Å². The minimum Gasteiger partial charge on any atom is -0.360 e. The van der Waals surface area contributed by atoms with Crippen LogP contribution in [-0.4, -0.2) is 67.8 Å². The molecular formula is C18H19FN4O4S2. The molecule has 2 aromatic heterocycles. The Morgan fingerprint density at radius 2 is 1.69 bits per heavy atom. The molecule has 0 aliphatic carbocycles. The van der Waals surface area contributed by atoms with E-state index in [1.807, 2.05) is 0 Å². The monoisotopic (exact) mass is 438 g/mol. The normalized spacial score (nSPS) is 17.0. The average Bonchev–Trinajstić information content (AvgIpc) is 3.10. The van der Waals surface area contributed by atoms with Crippen molar-refractivity contribution in [2.75, 3.05) is 32.4 Å². The summed E-state index contributed by atoms with van der Waals surface area (Å²) in [6.07, 6.45) is 4.29. The number of aromatic nitrogens is 2. The van der Waals surface area contributed by atoms with Gasteiger partial charge in [-0.05, 0) is 30.3 Å². The van der Waals surface area contributed by atoms with Crippen LogP contribution in [-0.2, 0) is 20.0 Å². The Morgan fingerprint density at radius 1 is 1.00 bits per heavy atom. The minimum absolute atomic E-state index is 0.0762. The first-order valence-electron chi connectivity index (χ1n) is 8.84. The number of nitrogens with zero attached hydrogens (tertiary/aromatic N) is 3. The lowest BCUT2D eigenvalue weighted by Gasteiger charge is -2.32. The predicted octanol–water partition coefficient (Wildman–Crippen LogP) is 1.63. The molecule has 0 unspecified atom stereocenters. The number of piperazine rings is 1. The Morgan fingerprint density at radius 3 is 2.31 bits per heavy atom. The molecule has 11 heteroatoms. The van der Waals surface area contributed by atoms with Gasteiger partial charge in [-0.15, -0.1) is 0 Å². The van der Waals surface area contributed by atoms with Crippen molar-refractivity contribution in [3.63, 3.8) is 0 Å². The molecule has 1 N–H and O–H groups in total. The molecule has 29 heavy (non-hydrogen) atoms. The van der Waals surface area contributed by atoms with Gasteiger partial charge in [-0.2, -0.15) is 8.61 Å². The second kappa shape index (κ2) is 7.17. The van der Waals surface area contributed by atoms with Crippen LogP contribution in [0.15, 0.2) is 47.8 Å². The molecule has 4 rings (SSSR count). The van der Waals surface area contributed by atoms with Gasteiger partial charge in [-0.3, -0.25) is 0 Å². The third-order valence-corrected chi connectivity index (χ3v) is 8.08. The van der Waals surface area contributed by atoms with Gasteiger partial charge in [0.05, 0.1) is 6.26 Å². The van der Waals surface area contributed by atoms with Crippen LogP contribution in [0.25, 0.3) is 22.0 Å². The highest BCUT2D eigenvalue weighted by Crippen LogP contribution is 2.29. The van der Waals surface area contributed by atoms with Crippen LogP contribution >= 0.6 is 0 Å². The molecule has 3 aromatic rings. The van der Waals surface area contributed by atoms with E-state index in [1.165, 1.54) is 33.0 Å². The number of fused-ring (bicyclic) bond motifs is 1. The van der Waals surface area contributed by atoms with Gasteiger partial charge in [0.25, 0.3) is 10.0 Å². The number of hydrogen-bond donors (Lipinski definition) is 1. The number of rotatable bonds is 4. The predicted molar refractivity (Wildman–Crippen MR) is 107 cm³/mol.